The van der Waals surface area contributed by atoms with E-state index in [1.165, 1.54) is 56.8 Å². The first-order chi connectivity index (χ1) is 42.4. The molecular weight excluding hydrogens is 1120 g/mol. The van der Waals surface area contributed by atoms with Crippen LogP contribution in [-0.2, 0) is 61.3 Å². The molecule has 0 bridgehead atoms. The Bertz CT molecular complexity index is 3670. The van der Waals surface area contributed by atoms with E-state index in [-0.39, 0.29) is 97.4 Å². The lowest BCUT2D eigenvalue weighted by Gasteiger charge is -2.26. The van der Waals surface area contributed by atoms with Gasteiger partial charge in [-0.05, 0) is 128 Å². The molecule has 1 unspecified atom stereocenters. The van der Waals surface area contributed by atoms with E-state index in [0.717, 1.165) is 28.8 Å². The number of carbonyl (C=O) groups excluding carboxylic acids is 7. The fraction of sp³-hybridized carbons (Fsp3) is 0.333. The molecule has 3 N–H and O–H groups in total. The van der Waals surface area contributed by atoms with Crippen LogP contribution in [0.25, 0.3) is 5.57 Å². The highest BCUT2D eigenvalue weighted by molar-refractivity contribution is 6.14. The molecular formula is C69H74N6O13. The third kappa shape index (κ3) is 15.1. The summed E-state index contributed by atoms with van der Waals surface area (Å²) in [6, 6.07) is 34.7. The van der Waals surface area contributed by atoms with E-state index in [1.807, 2.05) is 66.9 Å². The van der Waals surface area contributed by atoms with Crippen LogP contribution in [0.4, 0.5) is 27.5 Å². The third-order valence-corrected chi connectivity index (χ3v) is 15.8. The van der Waals surface area contributed by atoms with Gasteiger partial charge in [-0.15, -0.1) is 0 Å². The van der Waals surface area contributed by atoms with Crippen molar-refractivity contribution in [3.63, 3.8) is 0 Å². The molecule has 0 saturated carbocycles. The zero-order valence-electron chi connectivity index (χ0n) is 50.8. The highest BCUT2D eigenvalue weighted by Gasteiger charge is 2.42. The Hall–Kier alpha value is -9.78. The number of nitrogens with one attached hydrogen (secondary N) is 3. The van der Waals surface area contributed by atoms with Crippen molar-refractivity contribution in [2.24, 2.45) is 16.8 Å². The first kappa shape index (κ1) is 62.7. The van der Waals surface area contributed by atoms with Crippen molar-refractivity contribution < 1.29 is 62.0 Å². The molecule has 2 aliphatic heterocycles. The molecule has 2 heterocycles. The van der Waals surface area contributed by atoms with Gasteiger partial charge < -0.3 is 49.3 Å². The number of hydrogen-bond donors (Lipinski definition) is 3. The van der Waals surface area contributed by atoms with Crippen LogP contribution in [0.3, 0.4) is 0 Å². The minimum absolute atomic E-state index is 0.0414. The Labute approximate surface area is 512 Å². The second kappa shape index (κ2) is 28.6. The number of ketones is 1. The van der Waals surface area contributed by atoms with E-state index < -0.39 is 36.0 Å². The van der Waals surface area contributed by atoms with Gasteiger partial charge in [0.2, 0.25) is 17.7 Å². The van der Waals surface area contributed by atoms with Crippen molar-refractivity contribution in [1.82, 2.24) is 10.6 Å². The second-order valence-corrected chi connectivity index (χ2v) is 22.5. The minimum atomic E-state index is -0.966. The van der Waals surface area contributed by atoms with Crippen LogP contribution in [0.15, 0.2) is 132 Å². The zero-order valence-corrected chi connectivity index (χ0v) is 50.8. The molecule has 5 amide bonds. The first-order valence-electron chi connectivity index (χ1n) is 29.4. The van der Waals surface area contributed by atoms with Crippen LogP contribution in [0.5, 0.6) is 23.0 Å². The van der Waals surface area contributed by atoms with E-state index in [4.69, 9.17) is 28.7 Å². The fourth-order valence-corrected chi connectivity index (χ4v) is 11.1. The Morgan fingerprint density at radius 3 is 2.03 bits per heavy atom. The Morgan fingerprint density at radius 1 is 0.670 bits per heavy atom. The average Bonchev–Trinajstić information content (AvgIpc) is 2.07. The molecule has 19 nitrogen and oxygen atoms in total. The van der Waals surface area contributed by atoms with Crippen molar-refractivity contribution in [2.45, 2.75) is 111 Å². The molecule has 88 heavy (non-hydrogen) atoms. The number of esters is 1. The number of ether oxygens (including phenoxy) is 6. The van der Waals surface area contributed by atoms with E-state index in [9.17, 15) is 33.6 Å². The number of fused-ring (bicyclic) bond motifs is 5. The molecule has 0 spiro atoms. The Balaban J connectivity index is 0.857. The van der Waals surface area contributed by atoms with Gasteiger partial charge in [0.1, 0.15) is 31.9 Å². The summed E-state index contributed by atoms with van der Waals surface area (Å²) < 4.78 is 35.1. The van der Waals surface area contributed by atoms with E-state index in [2.05, 4.69) is 45.8 Å². The van der Waals surface area contributed by atoms with Crippen LogP contribution >= 0.6 is 0 Å². The summed E-state index contributed by atoms with van der Waals surface area (Å²) in [5.74, 6) is -1.06. The Kier molecular flexibility index (Phi) is 20.4. The maximum absolute atomic E-state index is 14.7. The van der Waals surface area contributed by atoms with Crippen LogP contribution in [0, 0.1) is 11.8 Å². The summed E-state index contributed by atoms with van der Waals surface area (Å²) in [4.78, 5) is 101. The number of aliphatic imine (C=N–C) groups is 1. The lowest BCUT2D eigenvalue weighted by Crippen LogP contribution is -2.53. The minimum Gasteiger partial charge on any atom is -0.493 e. The molecule has 0 aromatic heterocycles. The van der Waals surface area contributed by atoms with Gasteiger partial charge >= 0.3 is 12.1 Å². The lowest BCUT2D eigenvalue weighted by atomic mass is 9.86. The number of amides is 5. The number of para-hydroxylation sites is 1. The van der Waals surface area contributed by atoms with Gasteiger partial charge in [0.05, 0.1) is 50.9 Å². The number of Topliss-reactive ketones (excluding diaryl/α,β-unsaturated/α-hetero) is 1. The highest BCUT2D eigenvalue weighted by atomic mass is 16.6. The largest absolute Gasteiger partial charge is 0.493 e. The van der Waals surface area contributed by atoms with Gasteiger partial charge in [-0.3, -0.25) is 38.7 Å². The number of hydrogen-bond acceptors (Lipinski definition) is 14. The van der Waals surface area contributed by atoms with Crippen LogP contribution < -0.4 is 44.7 Å². The van der Waals surface area contributed by atoms with Crippen LogP contribution in [0.2, 0.25) is 0 Å². The number of carbonyl (C=O) groups is 7. The van der Waals surface area contributed by atoms with Crippen LogP contribution in [0.1, 0.15) is 114 Å². The number of allylic oxidation sites excluding steroid dienone is 2. The standard InChI is InChI=1S/C69H74N6O13/c1-41(2)65(73-63(77)22-13-14-23-64(78)85-8)67(80)71-43(4)66(79)72-51-26-24-45(25-27-51)38-88-69(82)74-37-52-31-50-19-10-12-21-57(50)75(52)68(81)55-33-60(84-7)62(35-58(55)74)87-40-47-17-15-16-46(29-47)39-86-61-34-56(54(44(5)76)32-59(61)83-6)70-36-48-28-42(3)53-20-11-9-18-49(53)30-48/h9-12,15-21,24-29,32-36,41,43,48,52,65H,13-14,22-23,30-31,37-40H2,1-8H3,(H,71,80)(H,72,79)(H,73,77)/b70-36-/t43-,48?,52+,65-/m1/s1. The fourth-order valence-electron chi connectivity index (χ4n) is 11.1. The summed E-state index contributed by atoms with van der Waals surface area (Å²) in [6.45, 7) is 8.87. The maximum Gasteiger partial charge on any atom is 0.414 e. The normalized spacial score (nSPS) is 15.5. The second-order valence-electron chi connectivity index (χ2n) is 22.5. The van der Waals surface area contributed by atoms with E-state index in [1.54, 1.807) is 67.3 Å². The van der Waals surface area contributed by atoms with E-state index in [0.29, 0.717) is 53.3 Å². The topological polar surface area (TPSA) is 230 Å². The molecule has 458 valence electrons. The summed E-state index contributed by atoms with van der Waals surface area (Å²) in [5.41, 5.74) is 9.39. The molecule has 1 aliphatic carbocycles. The molecule has 0 fully saturated rings. The van der Waals surface area contributed by atoms with Gasteiger partial charge in [-0.2, -0.15) is 0 Å². The molecule has 6 aromatic rings. The number of rotatable bonds is 24. The van der Waals surface area contributed by atoms with Gasteiger partial charge in [0.25, 0.3) is 5.91 Å². The smallest absolute Gasteiger partial charge is 0.414 e. The monoisotopic (exact) mass is 1190 g/mol. The number of methoxy groups -OCH3 is 3. The van der Waals surface area contributed by atoms with E-state index >= 15 is 0 Å². The summed E-state index contributed by atoms with van der Waals surface area (Å²) in [6.07, 6.45) is 5.89. The SMILES string of the molecule is COC(=O)CCCCC(=O)N[C@@H](C(=O)N[C@H](C)C(=O)Nc1ccc(COC(=O)N2C[C@@H]3Cc4ccccc4N3C(=O)c3cc(OC)c(OCc4cccc(COc5cc(/N=C\C6C=C(C)c7ccccc7C6)c(C(C)=O)cc5OC)c4)cc32)cc1)C(C)C. The molecule has 9 rings (SSSR count). The number of anilines is 3. The zero-order chi connectivity index (χ0) is 62.6. The van der Waals surface area contributed by atoms with Gasteiger partial charge in [-0.25, -0.2) is 4.79 Å². The van der Waals surface area contributed by atoms with Gasteiger partial charge in [0.15, 0.2) is 28.8 Å². The van der Waals surface area contributed by atoms with Crippen molar-refractivity contribution >= 4 is 76.0 Å². The lowest BCUT2D eigenvalue weighted by molar-refractivity contribution is -0.140. The Morgan fingerprint density at radius 2 is 1.34 bits per heavy atom. The molecule has 0 radical (unpaired) electrons. The molecule has 19 heteroatoms. The molecule has 0 saturated heterocycles. The summed E-state index contributed by atoms with van der Waals surface area (Å²) in [5, 5.41) is 8.23. The molecule has 3 aliphatic rings. The number of unbranched alkanes of at least 4 members (excludes halogenated alkanes) is 1. The van der Waals surface area contributed by atoms with Gasteiger partial charge in [-0.1, -0.05) is 92.7 Å². The maximum atomic E-state index is 14.7. The van der Waals surface area contributed by atoms with Crippen molar-refractivity contribution in [1.29, 1.82) is 0 Å². The number of benzene rings is 6. The third-order valence-electron chi connectivity index (χ3n) is 15.8. The summed E-state index contributed by atoms with van der Waals surface area (Å²) >= 11 is 0. The quantitative estimate of drug-likeness (QED) is 0.0222. The van der Waals surface area contributed by atoms with Crippen molar-refractivity contribution in [3.8, 4) is 23.0 Å². The molecule has 4 atom stereocenters. The molecule has 6 aromatic carbocycles. The van der Waals surface area contributed by atoms with Crippen LogP contribution in [-0.4, -0.2) is 93.7 Å². The van der Waals surface area contributed by atoms with Gasteiger partial charge in [0, 0.05) is 54.0 Å². The predicted molar refractivity (Wildman–Crippen MR) is 335 cm³/mol. The first-order valence-corrected chi connectivity index (χ1v) is 29.4. The summed E-state index contributed by atoms with van der Waals surface area (Å²) in [7, 11) is 4.31. The highest BCUT2D eigenvalue weighted by Crippen LogP contribution is 2.43. The van der Waals surface area contributed by atoms with Crippen molar-refractivity contribution in [3.05, 3.63) is 172 Å². The average molecular weight is 1200 g/mol. The number of nitrogens with zero attached hydrogens (tertiary/aromatic N) is 3. The van der Waals surface area contributed by atoms with Crippen molar-refractivity contribution in [2.75, 3.05) is 43.0 Å². The predicted octanol–water partition coefficient (Wildman–Crippen LogP) is 11.1.